The van der Waals surface area contributed by atoms with E-state index in [0.29, 0.717) is 12.8 Å². The van der Waals surface area contributed by atoms with Gasteiger partial charge in [-0.05, 0) is 89.9 Å². The van der Waals surface area contributed by atoms with Gasteiger partial charge >= 0.3 is 11.9 Å². The van der Waals surface area contributed by atoms with Gasteiger partial charge in [0, 0.05) is 12.8 Å². The lowest BCUT2D eigenvalue weighted by atomic mass is 10.1. The predicted octanol–water partition coefficient (Wildman–Crippen LogP) is 11.7. The molecule has 0 aromatic carbocycles. The first-order chi connectivity index (χ1) is 23.6. The average molecular weight is 665 g/mol. The van der Waals surface area contributed by atoms with Crippen LogP contribution in [0.2, 0.25) is 0 Å². The number of hydrogen-bond donors (Lipinski definition) is 1. The van der Waals surface area contributed by atoms with E-state index in [4.69, 9.17) is 9.47 Å². The standard InChI is InChI=1S/C43H68O5/c1-3-5-7-9-11-13-15-17-19-20-21-22-24-25-27-29-31-33-35-37-42(45)47-40-41(39-44)48-43(46)38-36-34-32-30-28-26-23-18-16-14-12-10-8-6-4-2/h5-8,11-14,17-19,21-23,25,27,41,44H,3-4,9-10,15-16,20,24,26,28-40H2,1-2H3/b7-5+,8-6+,13-11+,14-12+,19-17+,22-21+,23-18+,27-25+/t41-/m0/s1. The zero-order valence-electron chi connectivity index (χ0n) is 30.5. The van der Waals surface area contributed by atoms with Gasteiger partial charge in [-0.1, -0.05) is 137 Å². The maximum Gasteiger partial charge on any atom is 0.306 e. The molecule has 0 aromatic heterocycles. The molecule has 0 amide bonds. The molecule has 0 aliphatic rings. The number of aliphatic hydroxyl groups excluding tert-OH is 1. The summed E-state index contributed by atoms with van der Waals surface area (Å²) in [5.74, 6) is -0.660. The van der Waals surface area contributed by atoms with E-state index >= 15 is 0 Å². The fourth-order valence-corrected chi connectivity index (χ4v) is 4.59. The molecule has 5 nitrogen and oxygen atoms in total. The first-order valence-electron chi connectivity index (χ1n) is 18.8. The van der Waals surface area contributed by atoms with Crippen molar-refractivity contribution in [3.05, 3.63) is 97.2 Å². The molecule has 48 heavy (non-hydrogen) atoms. The molecular weight excluding hydrogens is 596 g/mol. The number of esters is 2. The minimum atomic E-state index is -0.800. The molecule has 0 unspecified atom stereocenters. The van der Waals surface area contributed by atoms with Crippen molar-refractivity contribution in [1.82, 2.24) is 0 Å². The van der Waals surface area contributed by atoms with Crippen LogP contribution in [-0.2, 0) is 19.1 Å². The van der Waals surface area contributed by atoms with Crippen LogP contribution >= 0.6 is 0 Å². The average Bonchev–Trinajstić information content (AvgIpc) is 3.09. The van der Waals surface area contributed by atoms with Gasteiger partial charge in [-0.3, -0.25) is 9.59 Å². The Morgan fingerprint density at radius 2 is 0.833 bits per heavy atom. The van der Waals surface area contributed by atoms with E-state index in [0.717, 1.165) is 116 Å². The van der Waals surface area contributed by atoms with Crippen LogP contribution < -0.4 is 0 Å². The molecule has 0 radical (unpaired) electrons. The Morgan fingerprint density at radius 3 is 1.27 bits per heavy atom. The second-order valence-electron chi connectivity index (χ2n) is 11.9. The topological polar surface area (TPSA) is 72.8 Å². The lowest BCUT2D eigenvalue weighted by Crippen LogP contribution is -2.28. The van der Waals surface area contributed by atoms with Gasteiger partial charge in [0.2, 0.25) is 0 Å². The Kier molecular flexibility index (Phi) is 35.7. The van der Waals surface area contributed by atoms with Crippen molar-refractivity contribution < 1.29 is 24.2 Å². The molecule has 0 aliphatic carbocycles. The van der Waals surface area contributed by atoms with Gasteiger partial charge in [0.15, 0.2) is 6.10 Å². The first-order valence-corrected chi connectivity index (χ1v) is 18.8. The van der Waals surface area contributed by atoms with Crippen molar-refractivity contribution in [2.24, 2.45) is 0 Å². The predicted molar refractivity (Wildman–Crippen MR) is 205 cm³/mol. The first kappa shape index (κ1) is 44.8. The molecule has 0 aliphatic heterocycles. The van der Waals surface area contributed by atoms with E-state index in [1.165, 1.54) is 0 Å². The highest BCUT2D eigenvalue weighted by Crippen LogP contribution is 2.10. The lowest BCUT2D eigenvalue weighted by molar-refractivity contribution is -0.161. The molecule has 0 heterocycles. The van der Waals surface area contributed by atoms with Crippen molar-refractivity contribution in [2.45, 2.75) is 148 Å². The maximum absolute atomic E-state index is 12.1. The minimum Gasteiger partial charge on any atom is -0.462 e. The molecule has 0 aromatic rings. The fourth-order valence-electron chi connectivity index (χ4n) is 4.59. The molecule has 1 atom stereocenters. The smallest absolute Gasteiger partial charge is 0.306 e. The van der Waals surface area contributed by atoms with Gasteiger partial charge in [-0.25, -0.2) is 0 Å². The van der Waals surface area contributed by atoms with Crippen LogP contribution in [-0.4, -0.2) is 36.4 Å². The van der Waals surface area contributed by atoms with Gasteiger partial charge in [0.25, 0.3) is 0 Å². The van der Waals surface area contributed by atoms with E-state index in [1.54, 1.807) is 0 Å². The van der Waals surface area contributed by atoms with Crippen LogP contribution in [0.25, 0.3) is 0 Å². The summed E-state index contributed by atoms with van der Waals surface area (Å²) in [6, 6.07) is 0. The maximum atomic E-state index is 12.1. The Labute approximate surface area is 294 Å². The summed E-state index contributed by atoms with van der Waals surface area (Å²) in [6.07, 6.45) is 53.2. The van der Waals surface area contributed by atoms with Crippen molar-refractivity contribution >= 4 is 11.9 Å². The number of unbranched alkanes of at least 4 members (excludes halogenated alkanes) is 8. The highest BCUT2D eigenvalue weighted by atomic mass is 16.6. The third-order valence-electron chi connectivity index (χ3n) is 7.37. The van der Waals surface area contributed by atoms with E-state index in [1.807, 2.05) is 0 Å². The molecular formula is C43H68O5. The number of carbonyl (C=O) groups is 2. The zero-order valence-corrected chi connectivity index (χ0v) is 30.5. The molecule has 0 saturated carbocycles. The van der Waals surface area contributed by atoms with E-state index in [2.05, 4.69) is 111 Å². The molecule has 0 rings (SSSR count). The second-order valence-corrected chi connectivity index (χ2v) is 11.9. The summed E-state index contributed by atoms with van der Waals surface area (Å²) >= 11 is 0. The molecule has 1 N–H and O–H groups in total. The van der Waals surface area contributed by atoms with E-state index < -0.39 is 6.10 Å². The largest absolute Gasteiger partial charge is 0.462 e. The minimum absolute atomic E-state index is 0.0969. The zero-order chi connectivity index (χ0) is 35.0. The Bertz CT molecular complexity index is 979. The van der Waals surface area contributed by atoms with Gasteiger partial charge in [-0.2, -0.15) is 0 Å². The van der Waals surface area contributed by atoms with Crippen molar-refractivity contribution in [2.75, 3.05) is 13.2 Å². The fraction of sp³-hybridized carbons (Fsp3) is 0.581. The number of hydrogen-bond acceptors (Lipinski definition) is 5. The van der Waals surface area contributed by atoms with Crippen LogP contribution in [0, 0.1) is 0 Å². The molecule has 0 fully saturated rings. The summed E-state index contributed by atoms with van der Waals surface area (Å²) in [5, 5.41) is 9.54. The SMILES string of the molecule is CC/C=C/C/C=C/C/C=C/C/C=C/C/C=C/CCCCCC(=O)OC[C@H](CO)OC(=O)CCCCCCC/C=C/C/C=C/C/C=C/CC. The van der Waals surface area contributed by atoms with Crippen LogP contribution in [0.15, 0.2) is 97.2 Å². The van der Waals surface area contributed by atoms with Crippen LogP contribution in [0.3, 0.4) is 0 Å². The van der Waals surface area contributed by atoms with Crippen LogP contribution in [0.1, 0.15) is 142 Å². The molecule has 5 heteroatoms. The van der Waals surface area contributed by atoms with Gasteiger partial charge < -0.3 is 14.6 Å². The highest BCUT2D eigenvalue weighted by molar-refractivity contribution is 5.70. The number of allylic oxidation sites excluding steroid dienone is 16. The summed E-state index contributed by atoms with van der Waals surface area (Å²) in [5.41, 5.74) is 0. The van der Waals surface area contributed by atoms with E-state index in [-0.39, 0.29) is 25.2 Å². The summed E-state index contributed by atoms with van der Waals surface area (Å²) < 4.78 is 10.6. The summed E-state index contributed by atoms with van der Waals surface area (Å²) in [7, 11) is 0. The lowest BCUT2D eigenvalue weighted by Gasteiger charge is -2.15. The van der Waals surface area contributed by atoms with Gasteiger partial charge in [0.05, 0.1) is 6.61 Å². The molecule has 0 bridgehead atoms. The van der Waals surface area contributed by atoms with Crippen molar-refractivity contribution in [3.8, 4) is 0 Å². The summed E-state index contributed by atoms with van der Waals surface area (Å²) in [4.78, 5) is 24.2. The molecule has 0 saturated heterocycles. The molecule has 0 spiro atoms. The Morgan fingerprint density at radius 1 is 0.479 bits per heavy atom. The van der Waals surface area contributed by atoms with Crippen LogP contribution in [0.4, 0.5) is 0 Å². The van der Waals surface area contributed by atoms with Crippen molar-refractivity contribution in [1.29, 1.82) is 0 Å². The van der Waals surface area contributed by atoms with Crippen molar-refractivity contribution in [3.63, 3.8) is 0 Å². The normalized spacial score (nSPS) is 13.3. The number of aliphatic hydroxyl groups is 1. The Balaban J connectivity index is 3.71. The molecule has 270 valence electrons. The number of rotatable bonds is 32. The third kappa shape index (κ3) is 35.7. The number of ether oxygens (including phenoxy) is 2. The van der Waals surface area contributed by atoms with Crippen LogP contribution in [0.5, 0.6) is 0 Å². The van der Waals surface area contributed by atoms with Gasteiger partial charge in [-0.15, -0.1) is 0 Å². The highest BCUT2D eigenvalue weighted by Gasteiger charge is 2.16. The quantitative estimate of drug-likeness (QED) is 0.0440. The summed E-state index contributed by atoms with van der Waals surface area (Å²) in [6.45, 7) is 3.84. The third-order valence-corrected chi connectivity index (χ3v) is 7.37. The van der Waals surface area contributed by atoms with E-state index in [9.17, 15) is 14.7 Å². The number of carbonyl (C=O) groups excluding carboxylic acids is 2. The monoisotopic (exact) mass is 665 g/mol. The Hall–Kier alpha value is -3.18. The van der Waals surface area contributed by atoms with Gasteiger partial charge in [0.1, 0.15) is 6.61 Å². The second kappa shape index (κ2) is 38.3.